The van der Waals surface area contributed by atoms with E-state index in [1.54, 1.807) is 6.20 Å². The van der Waals surface area contributed by atoms with Gasteiger partial charge >= 0.3 is 0 Å². The van der Waals surface area contributed by atoms with E-state index in [2.05, 4.69) is 4.98 Å². The van der Waals surface area contributed by atoms with E-state index in [0.717, 1.165) is 38.0 Å². The molecule has 88 valence electrons. The van der Waals surface area contributed by atoms with E-state index in [9.17, 15) is 0 Å². The average Bonchev–Trinajstić information content (AvgIpc) is 2.33. The van der Waals surface area contributed by atoms with Gasteiger partial charge in [-0.2, -0.15) is 0 Å². The minimum Gasteiger partial charge on any atom is -0.383 e. The Kier molecular flexibility index (Phi) is 3.74. The van der Waals surface area contributed by atoms with Gasteiger partial charge < -0.3 is 16.2 Å². The average molecular weight is 221 g/mol. The maximum absolute atomic E-state index is 6.21. The van der Waals surface area contributed by atoms with Crippen molar-refractivity contribution in [1.82, 2.24) is 4.98 Å². The predicted octanol–water partition coefficient (Wildman–Crippen LogP) is 0.960. The summed E-state index contributed by atoms with van der Waals surface area (Å²) in [5, 5.41) is 0. The standard InChI is InChI=1S/C12H19N3O/c13-11(9-3-6-16-7-4-9)8-10-2-1-5-15-12(10)14/h1-2,5,9,11H,3-4,6-8,13H2,(H2,14,15). The van der Waals surface area contributed by atoms with E-state index in [-0.39, 0.29) is 6.04 Å². The fourth-order valence-electron chi connectivity index (χ4n) is 2.19. The summed E-state index contributed by atoms with van der Waals surface area (Å²) in [7, 11) is 0. The van der Waals surface area contributed by atoms with E-state index in [4.69, 9.17) is 16.2 Å². The first-order valence-electron chi connectivity index (χ1n) is 5.80. The predicted molar refractivity (Wildman–Crippen MR) is 63.9 cm³/mol. The summed E-state index contributed by atoms with van der Waals surface area (Å²) in [4.78, 5) is 4.07. The molecule has 2 rings (SSSR count). The summed E-state index contributed by atoms with van der Waals surface area (Å²) < 4.78 is 5.33. The van der Waals surface area contributed by atoms with Crippen LogP contribution in [0.4, 0.5) is 5.82 Å². The van der Waals surface area contributed by atoms with Crippen LogP contribution in [-0.2, 0) is 11.2 Å². The number of anilines is 1. The van der Waals surface area contributed by atoms with Gasteiger partial charge in [0.1, 0.15) is 5.82 Å². The summed E-state index contributed by atoms with van der Waals surface area (Å²) in [6.07, 6.45) is 4.63. The molecule has 0 saturated carbocycles. The molecular weight excluding hydrogens is 202 g/mol. The second kappa shape index (κ2) is 5.27. The molecule has 1 atom stereocenters. The van der Waals surface area contributed by atoms with E-state index >= 15 is 0 Å². The van der Waals surface area contributed by atoms with Crippen molar-refractivity contribution in [3.05, 3.63) is 23.9 Å². The first kappa shape index (κ1) is 11.4. The highest BCUT2D eigenvalue weighted by molar-refractivity contribution is 5.38. The van der Waals surface area contributed by atoms with Gasteiger partial charge in [0.05, 0.1) is 0 Å². The summed E-state index contributed by atoms with van der Waals surface area (Å²) in [5.41, 5.74) is 13.1. The number of nitrogens with two attached hydrogens (primary N) is 2. The van der Waals surface area contributed by atoms with Crippen molar-refractivity contribution in [2.24, 2.45) is 11.7 Å². The molecule has 16 heavy (non-hydrogen) atoms. The first-order valence-corrected chi connectivity index (χ1v) is 5.80. The number of rotatable bonds is 3. The molecule has 2 heterocycles. The van der Waals surface area contributed by atoms with E-state index in [1.165, 1.54) is 0 Å². The minimum absolute atomic E-state index is 0.162. The maximum atomic E-state index is 6.21. The van der Waals surface area contributed by atoms with Crippen molar-refractivity contribution >= 4 is 5.82 Å². The van der Waals surface area contributed by atoms with Gasteiger partial charge in [-0.15, -0.1) is 0 Å². The van der Waals surface area contributed by atoms with Crippen LogP contribution in [0, 0.1) is 5.92 Å². The van der Waals surface area contributed by atoms with Gasteiger partial charge in [-0.3, -0.25) is 0 Å². The van der Waals surface area contributed by atoms with Crippen molar-refractivity contribution < 1.29 is 4.74 Å². The maximum Gasteiger partial charge on any atom is 0.126 e. The molecule has 1 aromatic rings. The molecule has 1 unspecified atom stereocenters. The summed E-state index contributed by atoms with van der Waals surface area (Å²) >= 11 is 0. The highest BCUT2D eigenvalue weighted by Gasteiger charge is 2.21. The molecular formula is C12H19N3O. The summed E-state index contributed by atoms with van der Waals surface area (Å²) in [5.74, 6) is 1.15. The van der Waals surface area contributed by atoms with Crippen molar-refractivity contribution in [2.45, 2.75) is 25.3 Å². The van der Waals surface area contributed by atoms with Crippen LogP contribution in [-0.4, -0.2) is 24.2 Å². The van der Waals surface area contributed by atoms with Crippen LogP contribution in [0.2, 0.25) is 0 Å². The lowest BCUT2D eigenvalue weighted by atomic mass is 9.88. The van der Waals surface area contributed by atoms with Crippen LogP contribution in [0.25, 0.3) is 0 Å². The number of pyridine rings is 1. The number of nitrogen functional groups attached to an aromatic ring is 1. The third-order valence-electron chi connectivity index (χ3n) is 3.25. The Labute approximate surface area is 96.0 Å². The van der Waals surface area contributed by atoms with Crippen molar-refractivity contribution in [3.63, 3.8) is 0 Å². The highest BCUT2D eigenvalue weighted by atomic mass is 16.5. The normalized spacial score (nSPS) is 19.6. The first-order chi connectivity index (χ1) is 7.77. The number of nitrogens with zero attached hydrogens (tertiary/aromatic N) is 1. The largest absolute Gasteiger partial charge is 0.383 e. The van der Waals surface area contributed by atoms with Crippen molar-refractivity contribution in [1.29, 1.82) is 0 Å². The molecule has 1 aromatic heterocycles. The quantitative estimate of drug-likeness (QED) is 0.797. The number of hydrogen-bond donors (Lipinski definition) is 2. The Morgan fingerprint density at radius 3 is 2.88 bits per heavy atom. The smallest absolute Gasteiger partial charge is 0.126 e. The van der Waals surface area contributed by atoms with Gasteiger partial charge in [0, 0.05) is 25.5 Å². The van der Waals surface area contributed by atoms with Gasteiger partial charge in [-0.25, -0.2) is 4.98 Å². The molecule has 0 aliphatic carbocycles. The fourth-order valence-corrected chi connectivity index (χ4v) is 2.19. The molecule has 4 heteroatoms. The van der Waals surface area contributed by atoms with E-state index in [1.807, 2.05) is 12.1 Å². The third-order valence-corrected chi connectivity index (χ3v) is 3.25. The Morgan fingerprint density at radius 1 is 1.44 bits per heavy atom. The zero-order valence-corrected chi connectivity index (χ0v) is 9.43. The SMILES string of the molecule is Nc1ncccc1CC(N)C1CCOCC1. The van der Waals surface area contributed by atoms with Crippen LogP contribution in [0.5, 0.6) is 0 Å². The Balaban J connectivity index is 1.96. The Morgan fingerprint density at radius 2 is 2.19 bits per heavy atom. The van der Waals surface area contributed by atoms with Gasteiger partial charge in [-0.05, 0) is 36.8 Å². The topological polar surface area (TPSA) is 74.2 Å². The van der Waals surface area contributed by atoms with Crippen LogP contribution < -0.4 is 11.5 Å². The number of aromatic nitrogens is 1. The lowest BCUT2D eigenvalue weighted by molar-refractivity contribution is 0.0585. The molecule has 0 spiro atoms. The lowest BCUT2D eigenvalue weighted by Crippen LogP contribution is -2.36. The second-order valence-electron chi connectivity index (χ2n) is 4.37. The van der Waals surface area contributed by atoms with Crippen LogP contribution in [0.1, 0.15) is 18.4 Å². The minimum atomic E-state index is 0.162. The molecule has 0 radical (unpaired) electrons. The monoisotopic (exact) mass is 221 g/mol. The molecule has 0 amide bonds. The zero-order valence-electron chi connectivity index (χ0n) is 9.43. The Bertz CT molecular complexity index is 337. The molecule has 0 aromatic carbocycles. The van der Waals surface area contributed by atoms with Crippen LogP contribution in [0.15, 0.2) is 18.3 Å². The van der Waals surface area contributed by atoms with E-state index in [0.29, 0.717) is 11.7 Å². The van der Waals surface area contributed by atoms with Gasteiger partial charge in [0.15, 0.2) is 0 Å². The molecule has 1 aliphatic heterocycles. The Hall–Kier alpha value is -1.13. The molecule has 1 fully saturated rings. The lowest BCUT2D eigenvalue weighted by Gasteiger charge is -2.27. The molecule has 4 N–H and O–H groups in total. The zero-order chi connectivity index (χ0) is 11.4. The molecule has 0 bridgehead atoms. The van der Waals surface area contributed by atoms with Crippen molar-refractivity contribution in [2.75, 3.05) is 18.9 Å². The second-order valence-corrected chi connectivity index (χ2v) is 4.37. The number of ether oxygens (including phenoxy) is 1. The number of hydrogen-bond acceptors (Lipinski definition) is 4. The summed E-state index contributed by atoms with van der Waals surface area (Å²) in [6, 6.07) is 4.07. The highest BCUT2D eigenvalue weighted by Crippen LogP contribution is 2.21. The molecule has 1 aliphatic rings. The van der Waals surface area contributed by atoms with Gasteiger partial charge in [-0.1, -0.05) is 6.07 Å². The van der Waals surface area contributed by atoms with Crippen LogP contribution >= 0.6 is 0 Å². The van der Waals surface area contributed by atoms with E-state index < -0.39 is 0 Å². The van der Waals surface area contributed by atoms with Crippen molar-refractivity contribution in [3.8, 4) is 0 Å². The van der Waals surface area contributed by atoms with Gasteiger partial charge in [0.2, 0.25) is 0 Å². The third kappa shape index (κ3) is 2.71. The summed E-state index contributed by atoms with van der Waals surface area (Å²) in [6.45, 7) is 1.67. The van der Waals surface area contributed by atoms with Gasteiger partial charge in [0.25, 0.3) is 0 Å². The molecule has 4 nitrogen and oxygen atoms in total. The molecule has 1 saturated heterocycles. The fraction of sp³-hybridized carbons (Fsp3) is 0.583. The van der Waals surface area contributed by atoms with Crippen LogP contribution in [0.3, 0.4) is 0 Å².